The van der Waals surface area contributed by atoms with Gasteiger partial charge in [-0.3, -0.25) is 13.9 Å². The van der Waals surface area contributed by atoms with Gasteiger partial charge in [0.25, 0.3) is 10.0 Å². The summed E-state index contributed by atoms with van der Waals surface area (Å²) in [4.78, 5) is 28.6. The van der Waals surface area contributed by atoms with Crippen molar-refractivity contribution in [3.63, 3.8) is 0 Å². The van der Waals surface area contributed by atoms with Crippen molar-refractivity contribution in [2.24, 2.45) is 0 Å². The summed E-state index contributed by atoms with van der Waals surface area (Å²) in [5.74, 6) is 0.0619. The van der Waals surface area contributed by atoms with Gasteiger partial charge in [-0.05, 0) is 50.1 Å². The highest BCUT2D eigenvalue weighted by Crippen LogP contribution is 2.36. The van der Waals surface area contributed by atoms with Crippen LogP contribution in [0.4, 0.5) is 5.69 Å². The molecule has 4 rings (SSSR count). The molecule has 9 nitrogen and oxygen atoms in total. The number of sulfonamides is 1. The minimum absolute atomic E-state index is 0.0369. The minimum atomic E-state index is -4.16. The smallest absolute Gasteiger partial charge is 0.264 e. The number of hydrogen-bond donors (Lipinski definition) is 1. The lowest BCUT2D eigenvalue weighted by Crippen LogP contribution is -2.52. The second-order valence-corrected chi connectivity index (χ2v) is 11.5. The molecule has 1 N–H and O–H groups in total. The number of carbonyl (C=O) groups excluding carboxylic acids is 2. The van der Waals surface area contributed by atoms with Crippen LogP contribution in [0.3, 0.4) is 0 Å². The Morgan fingerprint density at radius 1 is 0.900 bits per heavy atom. The first kappa shape index (κ1) is 28.9. The molecule has 1 heterocycles. The monoisotopic (exact) mass is 565 g/mol. The fraction of sp³-hybridized carbons (Fsp3) is 0.333. The van der Waals surface area contributed by atoms with Crippen LogP contribution in [0.15, 0.2) is 83.8 Å². The Bertz CT molecular complexity index is 1420. The van der Waals surface area contributed by atoms with E-state index in [9.17, 15) is 18.0 Å². The predicted octanol–water partition coefficient (Wildman–Crippen LogP) is 3.99. The van der Waals surface area contributed by atoms with Gasteiger partial charge in [0.2, 0.25) is 11.8 Å². The predicted molar refractivity (Wildman–Crippen MR) is 153 cm³/mol. The van der Waals surface area contributed by atoms with Gasteiger partial charge in [-0.15, -0.1) is 0 Å². The fourth-order valence-electron chi connectivity index (χ4n) is 4.26. The van der Waals surface area contributed by atoms with Crippen LogP contribution in [0, 0.1) is 0 Å². The van der Waals surface area contributed by atoms with Crippen LogP contribution < -0.4 is 19.1 Å². The summed E-state index contributed by atoms with van der Waals surface area (Å²) in [6, 6.07) is 21.1. The van der Waals surface area contributed by atoms with Gasteiger partial charge in [0.15, 0.2) is 11.5 Å². The number of benzene rings is 3. The molecular formula is C30H35N3O6S. The summed E-state index contributed by atoms with van der Waals surface area (Å²) >= 11 is 0. The normalized spacial score (nSPS) is 14.1. The largest absolute Gasteiger partial charge is 0.486 e. The number of fused-ring (bicyclic) bond motifs is 1. The molecule has 10 heteroatoms. The number of nitrogens with one attached hydrogen (secondary N) is 1. The molecule has 1 aliphatic rings. The van der Waals surface area contributed by atoms with Crippen LogP contribution in [0.25, 0.3) is 0 Å². The Hall–Kier alpha value is -4.05. The molecule has 2 amide bonds. The highest BCUT2D eigenvalue weighted by molar-refractivity contribution is 7.92. The van der Waals surface area contributed by atoms with Gasteiger partial charge in [0, 0.05) is 18.7 Å². The zero-order chi connectivity index (χ0) is 28.7. The Kier molecular flexibility index (Phi) is 9.31. The second-order valence-electron chi connectivity index (χ2n) is 9.65. The third-order valence-electron chi connectivity index (χ3n) is 6.79. The van der Waals surface area contributed by atoms with E-state index < -0.39 is 28.5 Å². The first-order valence-electron chi connectivity index (χ1n) is 13.3. The van der Waals surface area contributed by atoms with Crippen molar-refractivity contribution in [1.82, 2.24) is 10.2 Å². The summed E-state index contributed by atoms with van der Waals surface area (Å²) < 4.78 is 40.2. The van der Waals surface area contributed by atoms with Crippen molar-refractivity contribution >= 4 is 27.5 Å². The molecule has 0 unspecified atom stereocenters. The summed E-state index contributed by atoms with van der Waals surface area (Å²) in [6.45, 7) is 5.83. The van der Waals surface area contributed by atoms with Crippen molar-refractivity contribution in [2.75, 3.05) is 24.1 Å². The van der Waals surface area contributed by atoms with Gasteiger partial charge in [0.1, 0.15) is 25.8 Å². The van der Waals surface area contributed by atoms with Crippen molar-refractivity contribution in [3.05, 3.63) is 84.4 Å². The van der Waals surface area contributed by atoms with Gasteiger partial charge < -0.3 is 19.7 Å². The maximum absolute atomic E-state index is 14.0. The highest BCUT2D eigenvalue weighted by atomic mass is 32.2. The molecule has 0 saturated heterocycles. The molecule has 0 saturated carbocycles. The number of hydrogen-bond acceptors (Lipinski definition) is 6. The van der Waals surface area contributed by atoms with Gasteiger partial charge in [-0.2, -0.15) is 0 Å². The molecule has 40 heavy (non-hydrogen) atoms. The third-order valence-corrected chi connectivity index (χ3v) is 8.58. The lowest BCUT2D eigenvalue weighted by molar-refractivity contribution is -0.139. The molecule has 0 aliphatic carbocycles. The Balaban J connectivity index is 1.71. The highest BCUT2D eigenvalue weighted by Gasteiger charge is 2.33. The summed E-state index contributed by atoms with van der Waals surface area (Å²) in [5.41, 5.74) is 1.06. The molecule has 0 aromatic heterocycles. The summed E-state index contributed by atoms with van der Waals surface area (Å²) in [7, 11) is -4.16. The van der Waals surface area contributed by atoms with E-state index in [4.69, 9.17) is 9.47 Å². The Morgan fingerprint density at radius 2 is 1.52 bits per heavy atom. The van der Waals surface area contributed by atoms with E-state index in [-0.39, 0.29) is 29.1 Å². The molecule has 0 fully saturated rings. The van der Waals surface area contributed by atoms with Crippen molar-refractivity contribution in [1.29, 1.82) is 0 Å². The van der Waals surface area contributed by atoms with Gasteiger partial charge in [0.05, 0.1) is 10.6 Å². The van der Waals surface area contributed by atoms with Crippen LogP contribution >= 0.6 is 0 Å². The lowest BCUT2D eigenvalue weighted by Gasteiger charge is -2.32. The van der Waals surface area contributed by atoms with E-state index in [1.807, 2.05) is 44.2 Å². The Morgan fingerprint density at radius 3 is 2.17 bits per heavy atom. The fourth-order valence-corrected chi connectivity index (χ4v) is 5.69. The van der Waals surface area contributed by atoms with Crippen LogP contribution in [-0.2, 0) is 26.2 Å². The molecule has 2 atom stereocenters. The molecular weight excluding hydrogens is 530 g/mol. The van der Waals surface area contributed by atoms with Gasteiger partial charge in [-0.1, -0.05) is 55.5 Å². The van der Waals surface area contributed by atoms with E-state index in [2.05, 4.69) is 5.32 Å². The standard InChI is InChI=1S/C30H35N3O6S/c1-4-22(2)31-30(35)23(3)32(20-24-11-7-5-8-12-24)29(34)21-33(40(36,37)26-13-9-6-10-14-26)25-15-16-27-28(19-25)39-18-17-38-27/h5-16,19,22-23H,4,17-18,20-21H2,1-3H3,(H,31,35)/t22-,23-/m1/s1. The van der Waals surface area contributed by atoms with Crippen molar-refractivity contribution in [3.8, 4) is 11.5 Å². The third kappa shape index (κ3) is 6.74. The van der Waals surface area contributed by atoms with E-state index in [1.165, 1.54) is 17.0 Å². The molecule has 212 valence electrons. The number of amides is 2. The first-order chi connectivity index (χ1) is 19.2. The number of anilines is 1. The average Bonchev–Trinajstić information content (AvgIpc) is 2.98. The van der Waals surface area contributed by atoms with E-state index >= 15 is 0 Å². The molecule has 3 aromatic rings. The number of nitrogens with zero attached hydrogens (tertiary/aromatic N) is 2. The van der Waals surface area contributed by atoms with Crippen LogP contribution in [0.2, 0.25) is 0 Å². The minimum Gasteiger partial charge on any atom is -0.486 e. The van der Waals surface area contributed by atoms with Gasteiger partial charge >= 0.3 is 0 Å². The van der Waals surface area contributed by atoms with E-state index in [0.717, 1.165) is 16.3 Å². The topological polar surface area (TPSA) is 105 Å². The summed E-state index contributed by atoms with van der Waals surface area (Å²) in [5, 5.41) is 2.93. The number of ether oxygens (including phenoxy) is 2. The Labute approximate surface area is 235 Å². The van der Waals surface area contributed by atoms with Crippen LogP contribution in [-0.4, -0.2) is 57.0 Å². The van der Waals surface area contributed by atoms with Crippen LogP contribution in [0.1, 0.15) is 32.8 Å². The van der Waals surface area contributed by atoms with Gasteiger partial charge in [-0.25, -0.2) is 8.42 Å². The molecule has 0 bridgehead atoms. The SMILES string of the molecule is CC[C@@H](C)NC(=O)[C@@H](C)N(Cc1ccccc1)C(=O)CN(c1ccc2c(c1)OCCO2)S(=O)(=O)c1ccccc1. The van der Waals surface area contributed by atoms with Crippen molar-refractivity contribution in [2.45, 2.75) is 50.7 Å². The quantitative estimate of drug-likeness (QED) is 0.377. The maximum Gasteiger partial charge on any atom is 0.264 e. The molecule has 3 aromatic carbocycles. The first-order valence-corrected chi connectivity index (χ1v) is 14.8. The maximum atomic E-state index is 14.0. The second kappa shape index (κ2) is 12.9. The zero-order valence-electron chi connectivity index (χ0n) is 22.9. The molecule has 1 aliphatic heterocycles. The van der Waals surface area contributed by atoms with E-state index in [0.29, 0.717) is 24.7 Å². The molecule has 0 radical (unpaired) electrons. The molecule has 0 spiro atoms. The summed E-state index contributed by atoms with van der Waals surface area (Å²) in [6.07, 6.45) is 0.734. The van der Waals surface area contributed by atoms with Crippen molar-refractivity contribution < 1.29 is 27.5 Å². The zero-order valence-corrected chi connectivity index (χ0v) is 23.8. The lowest BCUT2D eigenvalue weighted by atomic mass is 10.1. The van der Waals surface area contributed by atoms with E-state index in [1.54, 1.807) is 43.3 Å². The number of rotatable bonds is 11. The van der Waals surface area contributed by atoms with Crippen LogP contribution in [0.5, 0.6) is 11.5 Å². The number of carbonyl (C=O) groups is 2. The average molecular weight is 566 g/mol.